The number of ether oxygens (including phenoxy) is 1. The highest BCUT2D eigenvalue weighted by atomic mass is 16.5. The lowest BCUT2D eigenvalue weighted by atomic mass is 9.98. The fraction of sp³-hybridized carbons (Fsp3) is 0.714. The van der Waals surface area contributed by atoms with Gasteiger partial charge in [0, 0.05) is 18.7 Å². The van der Waals surface area contributed by atoms with Gasteiger partial charge in [0.25, 0.3) is 0 Å². The minimum Gasteiger partial charge on any atom is -0.463 e. The molecule has 18 heavy (non-hydrogen) atoms. The first-order chi connectivity index (χ1) is 8.49. The van der Waals surface area contributed by atoms with Gasteiger partial charge in [0.05, 0.1) is 6.61 Å². The fourth-order valence-corrected chi connectivity index (χ4v) is 1.73. The number of rotatable bonds is 8. The fourth-order valence-electron chi connectivity index (χ4n) is 1.73. The van der Waals surface area contributed by atoms with Crippen molar-refractivity contribution < 1.29 is 14.3 Å². The van der Waals surface area contributed by atoms with E-state index in [2.05, 4.69) is 19.2 Å². The van der Waals surface area contributed by atoms with Gasteiger partial charge in [-0.25, -0.2) is 4.79 Å². The molecule has 0 radical (unpaired) electrons. The van der Waals surface area contributed by atoms with E-state index < -0.39 is 5.97 Å². The van der Waals surface area contributed by atoms with E-state index in [9.17, 15) is 9.59 Å². The Bertz CT molecular complexity index is 297. The molecule has 1 atom stereocenters. The SMILES string of the molecule is CCCCC(C)CC(=CC(=O)OCC)NC(C)=O. The lowest BCUT2D eigenvalue weighted by Crippen LogP contribution is -2.22. The molecule has 0 aromatic carbocycles. The molecule has 0 heterocycles. The van der Waals surface area contributed by atoms with Gasteiger partial charge in [-0.15, -0.1) is 0 Å². The van der Waals surface area contributed by atoms with Crippen molar-refractivity contribution in [2.45, 2.75) is 53.4 Å². The zero-order valence-electron chi connectivity index (χ0n) is 11.9. The molecule has 0 bridgehead atoms. The monoisotopic (exact) mass is 255 g/mol. The highest BCUT2D eigenvalue weighted by Gasteiger charge is 2.09. The lowest BCUT2D eigenvalue weighted by Gasteiger charge is -2.14. The minimum atomic E-state index is -0.399. The van der Waals surface area contributed by atoms with Crippen LogP contribution in [0.15, 0.2) is 11.8 Å². The average molecular weight is 255 g/mol. The molecule has 0 saturated heterocycles. The quantitative estimate of drug-likeness (QED) is 0.536. The van der Waals surface area contributed by atoms with E-state index in [1.807, 2.05) is 0 Å². The van der Waals surface area contributed by atoms with Gasteiger partial charge in [0.15, 0.2) is 0 Å². The first kappa shape index (κ1) is 16.7. The average Bonchev–Trinajstić information content (AvgIpc) is 2.25. The molecule has 0 aliphatic carbocycles. The highest BCUT2D eigenvalue weighted by molar-refractivity contribution is 5.84. The van der Waals surface area contributed by atoms with Crippen molar-refractivity contribution in [1.82, 2.24) is 5.32 Å². The van der Waals surface area contributed by atoms with E-state index >= 15 is 0 Å². The van der Waals surface area contributed by atoms with Crippen LogP contribution in [0.1, 0.15) is 53.4 Å². The molecule has 104 valence electrons. The Morgan fingerprint density at radius 3 is 2.50 bits per heavy atom. The maximum atomic E-state index is 11.4. The van der Waals surface area contributed by atoms with E-state index in [0.29, 0.717) is 24.6 Å². The number of unbranched alkanes of at least 4 members (excludes halogenated alkanes) is 1. The maximum absolute atomic E-state index is 11.4. The smallest absolute Gasteiger partial charge is 0.332 e. The van der Waals surface area contributed by atoms with E-state index in [-0.39, 0.29) is 5.91 Å². The zero-order chi connectivity index (χ0) is 14.0. The number of nitrogens with one attached hydrogen (secondary N) is 1. The second kappa shape index (κ2) is 9.68. The molecule has 4 nitrogen and oxygen atoms in total. The Hall–Kier alpha value is -1.32. The summed E-state index contributed by atoms with van der Waals surface area (Å²) in [7, 11) is 0. The Labute approximate surface area is 110 Å². The molecule has 1 N–H and O–H groups in total. The Balaban J connectivity index is 4.47. The second-order valence-corrected chi connectivity index (χ2v) is 4.55. The van der Waals surface area contributed by atoms with Crippen molar-refractivity contribution in [3.05, 3.63) is 11.8 Å². The summed E-state index contributed by atoms with van der Waals surface area (Å²) in [5, 5.41) is 2.70. The molecule has 4 heteroatoms. The summed E-state index contributed by atoms with van der Waals surface area (Å²) >= 11 is 0. The summed E-state index contributed by atoms with van der Waals surface area (Å²) in [6.45, 7) is 7.81. The molecule has 0 aromatic heterocycles. The topological polar surface area (TPSA) is 55.4 Å². The van der Waals surface area contributed by atoms with Crippen molar-refractivity contribution >= 4 is 11.9 Å². The molecule has 0 aliphatic heterocycles. The van der Waals surface area contributed by atoms with Gasteiger partial charge in [0.2, 0.25) is 5.91 Å². The molecular formula is C14H25NO3. The summed E-state index contributed by atoms with van der Waals surface area (Å²) in [5.41, 5.74) is 0.643. The maximum Gasteiger partial charge on any atom is 0.332 e. The van der Waals surface area contributed by atoms with Crippen LogP contribution in [0.3, 0.4) is 0 Å². The van der Waals surface area contributed by atoms with Gasteiger partial charge >= 0.3 is 5.97 Å². The number of hydrogen-bond donors (Lipinski definition) is 1. The normalized spacial score (nSPS) is 13.0. The Morgan fingerprint density at radius 2 is 2.00 bits per heavy atom. The standard InChI is InChI=1S/C14H25NO3/c1-5-7-8-11(3)9-13(15-12(4)16)10-14(17)18-6-2/h10-11H,5-9H2,1-4H3,(H,15,16). The van der Waals surface area contributed by atoms with Crippen molar-refractivity contribution in [1.29, 1.82) is 0 Å². The van der Waals surface area contributed by atoms with Gasteiger partial charge in [0.1, 0.15) is 0 Å². The molecular weight excluding hydrogens is 230 g/mol. The first-order valence-corrected chi connectivity index (χ1v) is 6.64. The lowest BCUT2D eigenvalue weighted by molar-refractivity contribution is -0.137. The summed E-state index contributed by atoms with van der Waals surface area (Å²) in [6.07, 6.45) is 5.48. The molecule has 0 fully saturated rings. The van der Waals surface area contributed by atoms with Crippen LogP contribution in [0.5, 0.6) is 0 Å². The van der Waals surface area contributed by atoms with Gasteiger partial charge in [-0.3, -0.25) is 4.79 Å². The molecule has 0 aromatic rings. The zero-order valence-corrected chi connectivity index (χ0v) is 11.9. The van der Waals surface area contributed by atoms with E-state index in [1.165, 1.54) is 13.0 Å². The largest absolute Gasteiger partial charge is 0.463 e. The van der Waals surface area contributed by atoms with Crippen LogP contribution in [0.2, 0.25) is 0 Å². The van der Waals surface area contributed by atoms with E-state index in [4.69, 9.17) is 4.74 Å². The molecule has 0 spiro atoms. The number of hydrogen-bond acceptors (Lipinski definition) is 3. The molecule has 1 amide bonds. The van der Waals surface area contributed by atoms with Crippen LogP contribution < -0.4 is 5.32 Å². The second-order valence-electron chi connectivity index (χ2n) is 4.55. The number of carbonyl (C=O) groups is 2. The minimum absolute atomic E-state index is 0.159. The predicted molar refractivity (Wildman–Crippen MR) is 71.8 cm³/mol. The van der Waals surface area contributed by atoms with Crippen molar-refractivity contribution in [3.8, 4) is 0 Å². The van der Waals surface area contributed by atoms with Crippen molar-refractivity contribution in [2.75, 3.05) is 6.61 Å². The van der Waals surface area contributed by atoms with Crippen LogP contribution >= 0.6 is 0 Å². The number of carbonyl (C=O) groups excluding carboxylic acids is 2. The Kier molecular flexibility index (Phi) is 8.97. The van der Waals surface area contributed by atoms with E-state index in [1.54, 1.807) is 6.92 Å². The third-order valence-electron chi connectivity index (χ3n) is 2.53. The van der Waals surface area contributed by atoms with Gasteiger partial charge < -0.3 is 10.1 Å². The number of esters is 1. The molecule has 0 saturated carbocycles. The van der Waals surface area contributed by atoms with E-state index in [0.717, 1.165) is 19.3 Å². The van der Waals surface area contributed by atoms with Gasteiger partial charge in [-0.1, -0.05) is 33.1 Å². The van der Waals surface area contributed by atoms with Crippen LogP contribution in [0.25, 0.3) is 0 Å². The van der Waals surface area contributed by atoms with Crippen LogP contribution in [-0.2, 0) is 14.3 Å². The third kappa shape index (κ3) is 8.79. The predicted octanol–water partition coefficient (Wildman–Crippen LogP) is 2.79. The van der Waals surface area contributed by atoms with Crippen molar-refractivity contribution in [3.63, 3.8) is 0 Å². The highest BCUT2D eigenvalue weighted by Crippen LogP contribution is 2.16. The summed E-state index contributed by atoms with van der Waals surface area (Å²) in [6, 6.07) is 0. The molecule has 0 aliphatic rings. The van der Waals surface area contributed by atoms with Crippen LogP contribution in [0.4, 0.5) is 0 Å². The molecule has 0 rings (SSSR count). The summed E-state index contributed by atoms with van der Waals surface area (Å²) in [4.78, 5) is 22.5. The Morgan fingerprint density at radius 1 is 1.33 bits per heavy atom. The van der Waals surface area contributed by atoms with Gasteiger partial charge in [-0.05, 0) is 19.3 Å². The first-order valence-electron chi connectivity index (χ1n) is 6.64. The summed E-state index contributed by atoms with van der Waals surface area (Å²) < 4.78 is 4.85. The summed E-state index contributed by atoms with van der Waals surface area (Å²) in [5.74, 6) is -0.116. The van der Waals surface area contributed by atoms with Gasteiger partial charge in [-0.2, -0.15) is 0 Å². The van der Waals surface area contributed by atoms with Crippen LogP contribution in [0, 0.1) is 5.92 Å². The number of allylic oxidation sites excluding steroid dienone is 1. The third-order valence-corrected chi connectivity index (χ3v) is 2.53. The number of amides is 1. The molecule has 1 unspecified atom stereocenters. The van der Waals surface area contributed by atoms with Crippen LogP contribution in [-0.4, -0.2) is 18.5 Å². The van der Waals surface area contributed by atoms with Crippen molar-refractivity contribution in [2.24, 2.45) is 5.92 Å².